The van der Waals surface area contributed by atoms with Gasteiger partial charge in [0.15, 0.2) is 0 Å². The molecule has 3 amide bonds. The van der Waals surface area contributed by atoms with Crippen molar-refractivity contribution in [1.29, 1.82) is 0 Å². The first kappa shape index (κ1) is 25.5. The minimum Gasteiger partial charge on any atom is -0.467 e. The predicted octanol–water partition coefficient (Wildman–Crippen LogP) is 3.72. The first-order chi connectivity index (χ1) is 17.7. The van der Waals surface area contributed by atoms with Crippen LogP contribution in [0.25, 0.3) is 0 Å². The second kappa shape index (κ2) is 13.5. The number of rotatable bonds is 11. The quantitative estimate of drug-likeness (QED) is 0.443. The summed E-state index contributed by atoms with van der Waals surface area (Å²) in [6.45, 7) is 5.01. The van der Waals surface area contributed by atoms with E-state index in [1.807, 2.05) is 60.7 Å². The van der Waals surface area contributed by atoms with Gasteiger partial charge in [-0.3, -0.25) is 9.69 Å². The summed E-state index contributed by atoms with van der Waals surface area (Å²) in [7, 11) is 0. The van der Waals surface area contributed by atoms with Crippen LogP contribution in [-0.2, 0) is 22.5 Å². The fourth-order valence-corrected chi connectivity index (χ4v) is 4.12. The summed E-state index contributed by atoms with van der Waals surface area (Å²) in [6.07, 6.45) is 2.33. The van der Waals surface area contributed by atoms with Gasteiger partial charge in [-0.1, -0.05) is 48.5 Å². The Labute approximate surface area is 212 Å². The minimum absolute atomic E-state index is 0.0154. The van der Waals surface area contributed by atoms with Gasteiger partial charge in [0.2, 0.25) is 5.91 Å². The number of para-hydroxylation sites is 1. The number of carbonyl (C=O) groups excluding carboxylic acids is 2. The van der Waals surface area contributed by atoms with Crippen molar-refractivity contribution < 1.29 is 18.7 Å². The maximum absolute atomic E-state index is 13.5. The molecule has 1 aliphatic heterocycles. The zero-order chi connectivity index (χ0) is 25.0. The standard InChI is InChI=1S/C28H34N4O4/c33-27(31(22-26-12-7-19-36-26)14-13-24-8-3-1-4-9-24)23-32(16-15-30-17-20-35-21-18-30)28(34)29-25-10-5-2-6-11-25/h1-12,19H,13-18,20-23H2,(H,29,34). The molecule has 0 aliphatic carbocycles. The Morgan fingerprint density at radius 1 is 0.861 bits per heavy atom. The van der Waals surface area contributed by atoms with Gasteiger partial charge >= 0.3 is 6.03 Å². The molecule has 2 heterocycles. The fraction of sp³-hybridized carbons (Fsp3) is 0.357. The van der Waals surface area contributed by atoms with Crippen LogP contribution in [0.3, 0.4) is 0 Å². The number of hydrogen-bond acceptors (Lipinski definition) is 5. The maximum atomic E-state index is 13.5. The van der Waals surface area contributed by atoms with Crippen molar-refractivity contribution in [2.24, 2.45) is 0 Å². The van der Waals surface area contributed by atoms with E-state index in [1.165, 1.54) is 0 Å². The molecule has 36 heavy (non-hydrogen) atoms. The van der Waals surface area contributed by atoms with Crippen LogP contribution in [0.4, 0.5) is 10.5 Å². The molecule has 8 nitrogen and oxygen atoms in total. The van der Waals surface area contributed by atoms with Crippen LogP contribution in [0.15, 0.2) is 83.5 Å². The van der Waals surface area contributed by atoms with Gasteiger partial charge in [0, 0.05) is 38.4 Å². The van der Waals surface area contributed by atoms with Crippen LogP contribution in [0.1, 0.15) is 11.3 Å². The van der Waals surface area contributed by atoms with Crippen molar-refractivity contribution in [1.82, 2.24) is 14.7 Å². The Morgan fingerprint density at radius 2 is 1.58 bits per heavy atom. The van der Waals surface area contributed by atoms with E-state index < -0.39 is 0 Å². The van der Waals surface area contributed by atoms with E-state index in [0.29, 0.717) is 50.8 Å². The first-order valence-corrected chi connectivity index (χ1v) is 12.4. The number of carbonyl (C=O) groups is 2. The number of urea groups is 1. The Kier molecular flexibility index (Phi) is 9.53. The third-order valence-electron chi connectivity index (χ3n) is 6.22. The first-order valence-electron chi connectivity index (χ1n) is 12.4. The van der Waals surface area contributed by atoms with Crippen LogP contribution in [-0.4, -0.2) is 79.1 Å². The van der Waals surface area contributed by atoms with E-state index in [-0.39, 0.29) is 18.5 Å². The van der Waals surface area contributed by atoms with Crippen LogP contribution >= 0.6 is 0 Å². The second-order valence-corrected chi connectivity index (χ2v) is 8.80. The molecule has 0 bridgehead atoms. The Morgan fingerprint density at radius 3 is 2.28 bits per heavy atom. The van der Waals surface area contributed by atoms with E-state index in [1.54, 1.807) is 16.1 Å². The van der Waals surface area contributed by atoms with E-state index >= 15 is 0 Å². The molecule has 190 valence electrons. The zero-order valence-electron chi connectivity index (χ0n) is 20.6. The average molecular weight is 491 g/mol. The van der Waals surface area contributed by atoms with Crippen LogP contribution in [0.2, 0.25) is 0 Å². The lowest BCUT2D eigenvalue weighted by Gasteiger charge is -2.31. The van der Waals surface area contributed by atoms with Crippen molar-refractivity contribution >= 4 is 17.6 Å². The highest BCUT2D eigenvalue weighted by molar-refractivity contribution is 5.92. The van der Waals surface area contributed by atoms with Crippen molar-refractivity contribution in [2.75, 3.05) is 57.8 Å². The van der Waals surface area contributed by atoms with E-state index in [0.717, 1.165) is 25.1 Å². The van der Waals surface area contributed by atoms with E-state index in [9.17, 15) is 9.59 Å². The summed E-state index contributed by atoms with van der Waals surface area (Å²) in [5.41, 5.74) is 1.85. The van der Waals surface area contributed by atoms with Crippen LogP contribution < -0.4 is 5.32 Å². The van der Waals surface area contributed by atoms with Crippen LogP contribution in [0, 0.1) is 0 Å². The highest BCUT2D eigenvalue weighted by Gasteiger charge is 2.23. The van der Waals surface area contributed by atoms with Gasteiger partial charge < -0.3 is 24.3 Å². The van der Waals surface area contributed by atoms with Crippen molar-refractivity contribution in [3.05, 3.63) is 90.4 Å². The molecule has 8 heteroatoms. The smallest absolute Gasteiger partial charge is 0.322 e. The molecule has 1 fully saturated rings. The minimum atomic E-state index is -0.288. The third kappa shape index (κ3) is 7.96. The lowest BCUT2D eigenvalue weighted by Crippen LogP contribution is -2.48. The van der Waals surface area contributed by atoms with Crippen molar-refractivity contribution in [3.8, 4) is 0 Å². The molecule has 1 aromatic heterocycles. The molecule has 0 radical (unpaired) electrons. The van der Waals surface area contributed by atoms with Gasteiger partial charge in [0.05, 0.1) is 26.0 Å². The summed E-state index contributed by atoms with van der Waals surface area (Å²) >= 11 is 0. The number of morpholine rings is 1. The molecular weight excluding hydrogens is 456 g/mol. The predicted molar refractivity (Wildman–Crippen MR) is 139 cm³/mol. The molecule has 0 atom stereocenters. The third-order valence-corrected chi connectivity index (χ3v) is 6.22. The van der Waals surface area contributed by atoms with Gasteiger partial charge in [0.1, 0.15) is 12.3 Å². The maximum Gasteiger partial charge on any atom is 0.322 e. The van der Waals surface area contributed by atoms with E-state index in [4.69, 9.17) is 9.15 Å². The Bertz CT molecular complexity index is 1050. The summed E-state index contributed by atoms with van der Waals surface area (Å²) < 4.78 is 11.0. The molecule has 4 rings (SSSR count). The highest BCUT2D eigenvalue weighted by atomic mass is 16.5. The Hall–Kier alpha value is -3.62. The Balaban J connectivity index is 1.44. The number of furan rings is 1. The van der Waals surface area contributed by atoms with Gasteiger partial charge in [-0.15, -0.1) is 0 Å². The van der Waals surface area contributed by atoms with Gasteiger partial charge in [-0.25, -0.2) is 4.79 Å². The summed E-state index contributed by atoms with van der Waals surface area (Å²) in [5, 5.41) is 2.93. The highest BCUT2D eigenvalue weighted by Crippen LogP contribution is 2.11. The van der Waals surface area contributed by atoms with Crippen molar-refractivity contribution in [3.63, 3.8) is 0 Å². The number of nitrogens with zero attached hydrogens (tertiary/aromatic N) is 3. The average Bonchev–Trinajstić information content (AvgIpc) is 3.44. The molecule has 3 aromatic rings. The summed E-state index contributed by atoms with van der Waals surface area (Å²) in [6, 6.07) is 22.8. The number of hydrogen-bond donors (Lipinski definition) is 1. The van der Waals surface area contributed by atoms with Crippen molar-refractivity contribution in [2.45, 2.75) is 13.0 Å². The van der Waals surface area contributed by atoms with Crippen LogP contribution in [0.5, 0.6) is 0 Å². The van der Waals surface area contributed by atoms with E-state index in [2.05, 4.69) is 22.3 Å². The zero-order valence-corrected chi connectivity index (χ0v) is 20.6. The monoisotopic (exact) mass is 490 g/mol. The second-order valence-electron chi connectivity index (χ2n) is 8.80. The number of ether oxygens (including phenoxy) is 1. The van der Waals surface area contributed by atoms with Gasteiger partial charge in [-0.05, 0) is 36.2 Å². The number of benzene rings is 2. The molecular formula is C28H34N4O4. The molecule has 1 aliphatic rings. The molecule has 1 N–H and O–H groups in total. The summed E-state index contributed by atoms with van der Waals surface area (Å²) in [4.78, 5) is 32.4. The molecule has 0 unspecified atom stereocenters. The largest absolute Gasteiger partial charge is 0.467 e. The lowest BCUT2D eigenvalue weighted by molar-refractivity contribution is -0.132. The molecule has 0 spiro atoms. The molecule has 2 aromatic carbocycles. The molecule has 0 saturated carbocycles. The number of anilines is 1. The van der Waals surface area contributed by atoms with Gasteiger partial charge in [0.25, 0.3) is 0 Å². The number of amides is 3. The number of nitrogens with one attached hydrogen (secondary N) is 1. The lowest BCUT2D eigenvalue weighted by atomic mass is 10.1. The fourth-order valence-electron chi connectivity index (χ4n) is 4.12. The SMILES string of the molecule is O=C(CN(CCN1CCOCC1)C(=O)Nc1ccccc1)N(CCc1ccccc1)Cc1ccco1. The summed E-state index contributed by atoms with van der Waals surface area (Å²) in [5.74, 6) is 0.595. The molecule has 1 saturated heterocycles. The van der Waals surface area contributed by atoms with Gasteiger partial charge in [-0.2, -0.15) is 0 Å². The normalized spacial score (nSPS) is 13.8. The topological polar surface area (TPSA) is 78.3 Å².